The minimum absolute atomic E-state index is 0. The van der Waals surface area contributed by atoms with Crippen LogP contribution in [0.2, 0.25) is 0 Å². The van der Waals surface area contributed by atoms with E-state index in [1.807, 2.05) is 48.5 Å². The molecule has 277 valence electrons. The summed E-state index contributed by atoms with van der Waals surface area (Å²) in [4.78, 5) is 32.2. The molecule has 16 nitrogen and oxygen atoms in total. The molecule has 6 N–H and O–H groups in total. The molecule has 6 aromatic rings. The maximum absolute atomic E-state index is 12.0. The summed E-state index contributed by atoms with van der Waals surface area (Å²) in [6, 6.07) is 21.5. The Kier molecular flexibility index (Phi) is 12.8. The fourth-order valence-electron chi connectivity index (χ4n) is 4.20. The van der Waals surface area contributed by atoms with E-state index in [4.69, 9.17) is 10.3 Å². The van der Waals surface area contributed by atoms with Crippen LogP contribution < -0.4 is 10.3 Å². The Morgan fingerprint density at radius 3 is 1.34 bits per heavy atom. The van der Waals surface area contributed by atoms with E-state index in [1.165, 1.54) is 36.5 Å². The van der Waals surface area contributed by atoms with Crippen LogP contribution in [0.25, 0.3) is 20.4 Å². The van der Waals surface area contributed by atoms with Crippen molar-refractivity contribution in [2.75, 3.05) is 0 Å². The van der Waals surface area contributed by atoms with Crippen molar-refractivity contribution in [2.45, 2.75) is 23.6 Å². The fourth-order valence-corrected chi connectivity index (χ4v) is 7.27. The Balaban J connectivity index is 0.000000280. The third-order valence-corrected chi connectivity index (χ3v) is 10.6. The van der Waals surface area contributed by atoms with Gasteiger partial charge in [0, 0.05) is 28.3 Å². The molecule has 0 bridgehead atoms. The summed E-state index contributed by atoms with van der Waals surface area (Å²) in [5.74, 6) is -1.33. The van der Waals surface area contributed by atoms with Crippen LogP contribution in [-0.4, -0.2) is 48.6 Å². The van der Waals surface area contributed by atoms with Crippen molar-refractivity contribution < 1.29 is 54.8 Å². The van der Waals surface area contributed by atoms with Crippen molar-refractivity contribution in [1.82, 2.24) is 9.97 Å². The number of aromatic hydroxyl groups is 2. The summed E-state index contributed by atoms with van der Waals surface area (Å²) < 4.78 is 47.4. The summed E-state index contributed by atoms with van der Waals surface area (Å²) in [6.07, 6.45) is 0. The number of phenolic OH excluding ortho intramolecular Hbond substituents is 2. The molecule has 0 spiro atoms. The van der Waals surface area contributed by atoms with Crippen molar-refractivity contribution in [3.05, 3.63) is 107 Å². The first-order valence-corrected chi connectivity index (χ1v) is 19.3. The molecular weight excluding hydrogens is 812 g/mol. The molecule has 2 heterocycles. The molecule has 0 atom stereocenters. The van der Waals surface area contributed by atoms with Gasteiger partial charge in [0.25, 0.3) is 0 Å². The zero-order chi connectivity index (χ0) is 37.8. The molecule has 4 aromatic carbocycles. The maximum atomic E-state index is 12.0. The van der Waals surface area contributed by atoms with Gasteiger partial charge in [0.1, 0.15) is 22.9 Å². The number of aromatic nitrogens is 2. The molecule has 0 saturated heterocycles. The second kappa shape index (κ2) is 16.7. The van der Waals surface area contributed by atoms with E-state index >= 15 is 0 Å². The first-order chi connectivity index (χ1) is 24.5. The monoisotopic (exact) mass is 838 g/mol. The predicted octanol–water partition coefficient (Wildman–Crippen LogP) is 5.91. The Morgan fingerprint density at radius 2 is 1.02 bits per heavy atom. The number of rotatable bonds is 10. The maximum Gasteiger partial charge on any atom is 1.00 e. The predicted molar refractivity (Wildman–Crippen MR) is 194 cm³/mol. The van der Waals surface area contributed by atoms with Crippen molar-refractivity contribution >= 4 is 86.1 Å². The largest absolute Gasteiger partial charge is 1.00 e. The minimum Gasteiger partial charge on any atom is -0.506 e. The quantitative estimate of drug-likeness (QED) is 0.0935. The Morgan fingerprint density at radius 1 is 0.660 bits per heavy atom. The molecule has 53 heavy (non-hydrogen) atoms. The number of phenols is 2. The number of benzene rings is 4. The number of nitrogens with zero attached hydrogens (tertiary/aromatic N) is 6. The van der Waals surface area contributed by atoms with Crippen LogP contribution in [0.3, 0.4) is 0 Å². The number of fused-ring (bicyclic) bond motifs is 2. The van der Waals surface area contributed by atoms with E-state index < -0.39 is 20.0 Å². The summed E-state index contributed by atoms with van der Waals surface area (Å²) in [6.45, 7) is 2.64. The molecule has 2 aromatic heterocycles. The number of ketones is 2. The van der Waals surface area contributed by atoms with Crippen LogP contribution in [0.15, 0.2) is 115 Å². The smallest absolute Gasteiger partial charge is 0.506 e. The Hall–Kier alpha value is -5.13. The second-order valence-corrected chi connectivity index (χ2v) is 15.8. The average molecular weight is 839 g/mol. The molecule has 1 radical (unpaired) electrons. The van der Waals surface area contributed by atoms with E-state index in [9.17, 15) is 36.6 Å². The van der Waals surface area contributed by atoms with E-state index in [0.29, 0.717) is 10.0 Å². The van der Waals surface area contributed by atoms with Gasteiger partial charge < -0.3 is 30.0 Å². The Labute approximate surface area is 322 Å². The van der Waals surface area contributed by atoms with Gasteiger partial charge in [-0.1, -0.05) is 24.3 Å². The van der Waals surface area contributed by atoms with Gasteiger partial charge in [0.2, 0.25) is 20.0 Å². The standard InChI is InChI=1S/2C16H13N4O4S2.Co/c2*1-9(21)15(16-18-11-4-2-3-5-14(11)25-16)20-19-12-8-10(26(17,23)24)6-7-13(12)22;/h2*2-8,22H,1H3,(H2,17,23,24);/q2*-1;/p+1. The molecule has 0 aliphatic heterocycles. The van der Waals surface area contributed by atoms with Gasteiger partial charge >= 0.3 is 1.43 Å². The normalized spacial score (nSPS) is 11.7. The van der Waals surface area contributed by atoms with Gasteiger partial charge in [0.15, 0.2) is 0 Å². The van der Waals surface area contributed by atoms with Crippen molar-refractivity contribution in [1.29, 1.82) is 0 Å². The summed E-state index contributed by atoms with van der Waals surface area (Å²) in [5, 5.41) is 46.0. The van der Waals surface area contributed by atoms with Gasteiger partial charge in [-0.2, -0.15) is 10.2 Å². The third-order valence-electron chi connectivity index (χ3n) is 6.73. The average Bonchev–Trinajstić information content (AvgIpc) is 3.70. The molecule has 0 aliphatic rings. The van der Waals surface area contributed by atoms with Crippen LogP contribution in [0.5, 0.6) is 11.5 Å². The van der Waals surface area contributed by atoms with Crippen molar-refractivity contribution in [3.63, 3.8) is 0 Å². The van der Waals surface area contributed by atoms with E-state index in [-0.39, 0.29) is 74.5 Å². The molecule has 0 saturated carbocycles. The number of carbonyl (C=O) groups is 2. The van der Waals surface area contributed by atoms with Crippen molar-refractivity contribution in [2.24, 2.45) is 30.7 Å². The number of Topliss-reactive ketones (excluding diaryl/α,β-unsaturated/α-hetero) is 2. The number of hydrogen-bond donors (Lipinski definition) is 4. The third kappa shape index (κ3) is 10.1. The Bertz CT molecular complexity index is 2370. The number of primary sulfonamides is 2. The van der Waals surface area contributed by atoms with Crippen LogP contribution >= 0.6 is 22.7 Å². The molecule has 0 unspecified atom stereocenters. The molecular formula is C32H27CoN8O8S4-. The molecule has 21 heteroatoms. The van der Waals surface area contributed by atoms with E-state index in [2.05, 4.69) is 30.4 Å². The van der Waals surface area contributed by atoms with Gasteiger partial charge in [-0.05, 0) is 84.5 Å². The number of thiazole rings is 2. The van der Waals surface area contributed by atoms with Gasteiger partial charge in [-0.25, -0.2) is 27.1 Å². The summed E-state index contributed by atoms with van der Waals surface area (Å²) in [7, 11) is -7.93. The zero-order valence-electron chi connectivity index (χ0n) is 28.2. The number of nitrogens with two attached hydrogens (primary N) is 2. The topological polar surface area (TPSA) is 270 Å². The van der Waals surface area contributed by atoms with Crippen LogP contribution in [-0.2, 0) is 46.4 Å². The minimum atomic E-state index is -3.96. The van der Waals surface area contributed by atoms with E-state index in [1.54, 1.807) is 0 Å². The number of azo groups is 2. The van der Waals surface area contributed by atoms with Gasteiger partial charge in [-0.3, -0.25) is 9.97 Å². The van der Waals surface area contributed by atoms with Crippen molar-refractivity contribution in [3.8, 4) is 11.5 Å². The van der Waals surface area contributed by atoms with Crippen LogP contribution in [0.1, 0.15) is 25.3 Å². The van der Waals surface area contributed by atoms with Gasteiger partial charge in [0.05, 0.1) is 30.2 Å². The summed E-state index contributed by atoms with van der Waals surface area (Å²) >= 11 is 2.56. The fraction of sp³-hybridized carbons (Fsp3) is 0.0625. The molecule has 6 rings (SSSR count). The zero-order valence-corrected chi connectivity index (χ0v) is 31.5. The molecule has 0 aliphatic carbocycles. The number of para-hydroxylation sites is 2. The second-order valence-electron chi connectivity index (χ2n) is 10.6. The van der Waals surface area contributed by atoms with Gasteiger partial charge in [-0.15, -0.1) is 34.8 Å². The molecule has 0 amide bonds. The number of carbonyl (C=O) groups excluding carboxylic acids is 2. The molecule has 0 fully saturated rings. The first-order valence-electron chi connectivity index (χ1n) is 14.5. The van der Waals surface area contributed by atoms with E-state index in [0.717, 1.165) is 56.8 Å². The number of sulfonamides is 2. The number of hydrogen-bond acceptors (Lipinski definition) is 16. The summed E-state index contributed by atoms with van der Waals surface area (Å²) in [5.41, 5.74) is 1.19. The SMILES string of the molecule is CC(=O)[C-](N=Nc1cc(S(N)(=O)=O)ccc1O)c1nc2ccccc2s1.CC(=O)[C-](N=Nc1cc(S(N)(=O)=O)ccc1O)c1nc2ccccc2s1.[Co].[H+]. The van der Waals surface area contributed by atoms with Crippen LogP contribution in [0, 0.1) is 12.1 Å². The van der Waals surface area contributed by atoms with Crippen LogP contribution in [0.4, 0.5) is 11.4 Å². The first kappa shape index (κ1) is 40.6.